The van der Waals surface area contributed by atoms with E-state index in [1.165, 1.54) is 6.20 Å². The summed E-state index contributed by atoms with van der Waals surface area (Å²) < 4.78 is 5.74. The molecular formula is C15H10N4O2. The molecule has 0 unspecified atom stereocenters. The fourth-order valence-corrected chi connectivity index (χ4v) is 2.31. The molecule has 21 heavy (non-hydrogen) atoms. The van der Waals surface area contributed by atoms with E-state index in [1.807, 2.05) is 36.4 Å². The topological polar surface area (TPSA) is 83.8 Å². The Kier molecular flexibility index (Phi) is 2.47. The first-order chi connectivity index (χ1) is 10.3. The van der Waals surface area contributed by atoms with Crippen LogP contribution in [0.25, 0.3) is 21.9 Å². The number of anilines is 1. The first-order valence-electron chi connectivity index (χ1n) is 6.40. The summed E-state index contributed by atoms with van der Waals surface area (Å²) in [5, 5.41) is 14.5. The Hall–Kier alpha value is -3.15. The predicted octanol–water partition coefficient (Wildman–Crippen LogP) is 2.96. The van der Waals surface area contributed by atoms with Crippen LogP contribution in [0.4, 0.5) is 5.69 Å². The molecule has 2 N–H and O–H groups in total. The summed E-state index contributed by atoms with van der Waals surface area (Å²) in [7, 11) is 0. The van der Waals surface area contributed by atoms with Crippen LogP contribution in [0, 0.1) is 0 Å². The number of nitrogens with zero attached hydrogens (tertiary/aromatic N) is 2. The zero-order valence-corrected chi connectivity index (χ0v) is 10.8. The predicted molar refractivity (Wildman–Crippen MR) is 78.1 cm³/mol. The Morgan fingerprint density at radius 3 is 2.81 bits per heavy atom. The molecule has 0 fully saturated rings. The average molecular weight is 278 g/mol. The number of aromatic amines is 1. The molecule has 6 heteroatoms. The molecule has 0 radical (unpaired) electrons. The Morgan fingerprint density at radius 2 is 1.95 bits per heavy atom. The van der Waals surface area contributed by atoms with Crippen molar-refractivity contribution in [1.29, 1.82) is 0 Å². The van der Waals surface area contributed by atoms with Crippen molar-refractivity contribution < 1.29 is 9.21 Å². The summed E-state index contributed by atoms with van der Waals surface area (Å²) in [6.45, 7) is 0. The van der Waals surface area contributed by atoms with Crippen LogP contribution < -0.4 is 5.32 Å². The van der Waals surface area contributed by atoms with E-state index in [0.29, 0.717) is 5.69 Å². The number of fused-ring (bicyclic) bond motifs is 3. The van der Waals surface area contributed by atoms with Gasteiger partial charge in [0.1, 0.15) is 11.2 Å². The molecule has 4 aromatic rings. The van der Waals surface area contributed by atoms with E-state index < -0.39 is 0 Å². The average Bonchev–Trinajstić information content (AvgIpc) is 3.14. The number of para-hydroxylation sites is 1. The molecule has 0 aliphatic rings. The number of nitrogens with one attached hydrogen (secondary N) is 2. The van der Waals surface area contributed by atoms with Crippen molar-refractivity contribution in [3.8, 4) is 0 Å². The Balaban J connectivity index is 1.76. The van der Waals surface area contributed by atoms with E-state index in [2.05, 4.69) is 20.7 Å². The number of hydrogen-bond donors (Lipinski definition) is 2. The lowest BCUT2D eigenvalue weighted by Gasteiger charge is -2.02. The van der Waals surface area contributed by atoms with E-state index >= 15 is 0 Å². The highest BCUT2D eigenvalue weighted by Gasteiger charge is 2.11. The van der Waals surface area contributed by atoms with Crippen molar-refractivity contribution in [2.24, 2.45) is 0 Å². The number of aromatic nitrogens is 3. The molecule has 0 saturated heterocycles. The maximum atomic E-state index is 12.0. The molecule has 2 heterocycles. The maximum absolute atomic E-state index is 12.0. The van der Waals surface area contributed by atoms with Gasteiger partial charge in [-0.25, -0.2) is 0 Å². The lowest BCUT2D eigenvalue weighted by atomic mass is 10.1. The highest BCUT2D eigenvalue weighted by Crippen LogP contribution is 2.30. The lowest BCUT2D eigenvalue weighted by molar-refractivity contribution is 0.102. The minimum Gasteiger partial charge on any atom is -0.456 e. The molecule has 4 rings (SSSR count). The van der Waals surface area contributed by atoms with Crippen LogP contribution in [0.3, 0.4) is 0 Å². The Labute approximate surface area is 118 Å². The van der Waals surface area contributed by atoms with Gasteiger partial charge in [-0.2, -0.15) is 15.4 Å². The molecule has 1 amide bonds. The van der Waals surface area contributed by atoms with Gasteiger partial charge < -0.3 is 9.73 Å². The third-order valence-electron chi connectivity index (χ3n) is 3.28. The van der Waals surface area contributed by atoms with Gasteiger partial charge in [0.25, 0.3) is 5.91 Å². The first-order valence-corrected chi connectivity index (χ1v) is 6.40. The number of carbonyl (C=O) groups excluding carboxylic acids is 1. The van der Waals surface area contributed by atoms with Crippen LogP contribution in [0.2, 0.25) is 0 Å². The van der Waals surface area contributed by atoms with Gasteiger partial charge >= 0.3 is 0 Å². The standard InChI is InChI=1S/C15H10N4O2/c20-15(12-8-16-19-18-12)17-9-5-6-14-11(7-9)10-3-1-2-4-13(10)21-14/h1-8H,(H,17,20)(H,16,18,19). The second-order valence-corrected chi connectivity index (χ2v) is 4.62. The molecule has 0 aliphatic carbocycles. The smallest absolute Gasteiger partial charge is 0.277 e. The SMILES string of the molecule is O=C(Nc1ccc2oc3ccccc3c2c1)c1cn[nH]n1. The fraction of sp³-hybridized carbons (Fsp3) is 0. The van der Waals surface area contributed by atoms with Crippen molar-refractivity contribution in [3.05, 3.63) is 54.4 Å². The summed E-state index contributed by atoms with van der Waals surface area (Å²) in [4.78, 5) is 12.0. The monoisotopic (exact) mass is 278 g/mol. The van der Waals surface area contributed by atoms with E-state index in [9.17, 15) is 4.79 Å². The molecule has 0 spiro atoms. The van der Waals surface area contributed by atoms with Crippen LogP contribution in [0.5, 0.6) is 0 Å². The minimum atomic E-state index is -0.309. The molecule has 6 nitrogen and oxygen atoms in total. The zero-order valence-electron chi connectivity index (χ0n) is 10.8. The summed E-state index contributed by atoms with van der Waals surface area (Å²) in [5.41, 5.74) is 2.54. The summed E-state index contributed by atoms with van der Waals surface area (Å²) in [5.74, 6) is -0.309. The summed E-state index contributed by atoms with van der Waals surface area (Å²) >= 11 is 0. The number of amides is 1. The molecule has 102 valence electrons. The van der Waals surface area contributed by atoms with Crippen LogP contribution in [0.1, 0.15) is 10.5 Å². The highest BCUT2D eigenvalue weighted by molar-refractivity contribution is 6.08. The first kappa shape index (κ1) is 11.7. The van der Waals surface area contributed by atoms with E-state index in [0.717, 1.165) is 21.9 Å². The summed E-state index contributed by atoms with van der Waals surface area (Å²) in [6, 6.07) is 13.3. The van der Waals surface area contributed by atoms with E-state index in [4.69, 9.17) is 4.42 Å². The second-order valence-electron chi connectivity index (χ2n) is 4.62. The largest absolute Gasteiger partial charge is 0.456 e. The number of H-pyrrole nitrogens is 1. The Morgan fingerprint density at radius 1 is 1.10 bits per heavy atom. The van der Waals surface area contributed by atoms with Gasteiger partial charge in [0.2, 0.25) is 0 Å². The van der Waals surface area contributed by atoms with Crippen molar-refractivity contribution in [2.75, 3.05) is 5.32 Å². The van der Waals surface area contributed by atoms with Crippen LogP contribution >= 0.6 is 0 Å². The van der Waals surface area contributed by atoms with Gasteiger partial charge in [-0.05, 0) is 24.3 Å². The van der Waals surface area contributed by atoms with Crippen molar-refractivity contribution in [1.82, 2.24) is 15.4 Å². The number of benzene rings is 2. The third-order valence-corrected chi connectivity index (χ3v) is 3.28. The van der Waals surface area contributed by atoms with Crippen LogP contribution in [-0.4, -0.2) is 21.3 Å². The number of furan rings is 1. The van der Waals surface area contributed by atoms with Gasteiger partial charge in [-0.3, -0.25) is 4.79 Å². The quantitative estimate of drug-likeness (QED) is 0.590. The number of carbonyl (C=O) groups is 1. The number of rotatable bonds is 2. The molecule has 0 atom stereocenters. The molecule has 0 saturated carbocycles. The molecule has 0 bridgehead atoms. The van der Waals surface area contributed by atoms with Crippen LogP contribution in [-0.2, 0) is 0 Å². The fourth-order valence-electron chi connectivity index (χ4n) is 2.31. The summed E-state index contributed by atoms with van der Waals surface area (Å²) in [6.07, 6.45) is 1.38. The molecule has 0 aliphatic heterocycles. The minimum absolute atomic E-state index is 0.243. The Bertz CT molecular complexity index is 941. The molecule has 2 aromatic carbocycles. The van der Waals surface area contributed by atoms with E-state index in [1.54, 1.807) is 6.07 Å². The molecule has 2 aromatic heterocycles. The van der Waals surface area contributed by atoms with Crippen LogP contribution in [0.15, 0.2) is 53.1 Å². The van der Waals surface area contributed by atoms with Gasteiger partial charge in [0.05, 0.1) is 6.20 Å². The van der Waals surface area contributed by atoms with E-state index in [-0.39, 0.29) is 11.6 Å². The van der Waals surface area contributed by atoms with Gasteiger partial charge in [-0.15, -0.1) is 0 Å². The lowest BCUT2D eigenvalue weighted by Crippen LogP contribution is -2.12. The van der Waals surface area contributed by atoms with Crippen molar-refractivity contribution in [3.63, 3.8) is 0 Å². The van der Waals surface area contributed by atoms with Gasteiger partial charge in [0.15, 0.2) is 5.69 Å². The second kappa shape index (κ2) is 4.45. The maximum Gasteiger partial charge on any atom is 0.277 e. The normalized spacial score (nSPS) is 11.0. The third kappa shape index (κ3) is 1.93. The number of hydrogen-bond acceptors (Lipinski definition) is 4. The van der Waals surface area contributed by atoms with Gasteiger partial charge in [0, 0.05) is 16.5 Å². The van der Waals surface area contributed by atoms with Gasteiger partial charge in [-0.1, -0.05) is 18.2 Å². The van der Waals surface area contributed by atoms with Crippen molar-refractivity contribution >= 4 is 33.5 Å². The van der Waals surface area contributed by atoms with Crippen molar-refractivity contribution in [2.45, 2.75) is 0 Å². The highest BCUT2D eigenvalue weighted by atomic mass is 16.3. The molecular weight excluding hydrogens is 268 g/mol. The zero-order chi connectivity index (χ0) is 14.2.